The number of nitrogens with zero attached hydrogens (tertiary/aromatic N) is 1. The third-order valence-corrected chi connectivity index (χ3v) is 9.68. The van der Waals surface area contributed by atoms with E-state index in [1.807, 2.05) is 58.9 Å². The molecule has 50 heavy (non-hydrogen) atoms. The zero-order chi connectivity index (χ0) is 36.5. The van der Waals surface area contributed by atoms with Crippen LogP contribution in [-0.2, 0) is 15.0 Å². The number of hydrazine groups is 1. The van der Waals surface area contributed by atoms with E-state index >= 15 is 0 Å². The Morgan fingerprint density at radius 3 is 2.16 bits per heavy atom. The van der Waals surface area contributed by atoms with E-state index in [2.05, 4.69) is 17.1 Å². The van der Waals surface area contributed by atoms with Crippen LogP contribution in [0.2, 0.25) is 0 Å². The van der Waals surface area contributed by atoms with Crippen LogP contribution in [0.25, 0.3) is 5.70 Å². The molecule has 0 aromatic heterocycles. The maximum atomic E-state index is 13.7. The number of anilines is 1. The zero-order valence-electron chi connectivity index (χ0n) is 30.0. The average molecular weight is 710 g/mol. The number of hydrogen-bond acceptors (Lipinski definition) is 6. The summed E-state index contributed by atoms with van der Waals surface area (Å²) in [5.41, 5.74) is 7.31. The number of halogens is 3. The summed E-state index contributed by atoms with van der Waals surface area (Å²) in [5, 5.41) is 1.45. The first-order chi connectivity index (χ1) is 23.7. The van der Waals surface area contributed by atoms with Crippen LogP contribution in [0.1, 0.15) is 106 Å². The van der Waals surface area contributed by atoms with Crippen molar-refractivity contribution in [2.24, 2.45) is 0 Å². The lowest BCUT2D eigenvalue weighted by Gasteiger charge is -2.29. The number of carbonyl (C=O) groups excluding carboxylic acids is 2. The lowest BCUT2D eigenvalue weighted by atomic mass is 9.78. The summed E-state index contributed by atoms with van der Waals surface area (Å²) in [4.78, 5) is 26.8. The largest absolute Gasteiger partial charge is 0.426 e. The van der Waals surface area contributed by atoms with Crippen LogP contribution in [0.15, 0.2) is 71.6 Å². The Hall–Kier alpha value is -3.76. The van der Waals surface area contributed by atoms with Crippen LogP contribution in [0.3, 0.4) is 0 Å². The number of benzene rings is 3. The van der Waals surface area contributed by atoms with Gasteiger partial charge in [-0.2, -0.15) is 13.2 Å². The number of alkyl halides is 3. The summed E-state index contributed by atoms with van der Waals surface area (Å²) < 4.78 is 49.9. The van der Waals surface area contributed by atoms with Crippen molar-refractivity contribution in [3.8, 4) is 5.75 Å². The van der Waals surface area contributed by atoms with Gasteiger partial charge in [0.15, 0.2) is 0 Å². The molecular weight excluding hydrogens is 660 g/mol. The van der Waals surface area contributed by atoms with Crippen LogP contribution in [-0.4, -0.2) is 24.1 Å². The molecule has 1 unspecified atom stereocenters. The molecule has 1 aliphatic heterocycles. The summed E-state index contributed by atoms with van der Waals surface area (Å²) in [5.74, 6) is 0.0330. The van der Waals surface area contributed by atoms with Crippen molar-refractivity contribution >= 4 is 35.2 Å². The molecule has 0 saturated carbocycles. The number of ether oxygens (including phenoxy) is 1. The molecule has 0 radical (unpaired) electrons. The normalized spacial score (nSPS) is 14.9. The Morgan fingerprint density at radius 1 is 0.880 bits per heavy atom. The second-order valence-electron chi connectivity index (χ2n) is 13.9. The molecule has 0 fully saturated rings. The SMILES string of the molecule is CCCCCCCCCC(=O)Oc1cc(C)cc(C)c1C(C)(C)CC(=O)NSc1ccc(N2NC(C(F)(F)F)C=C2c2ccc(C)cc2)cc1. The number of rotatable bonds is 16. The van der Waals surface area contributed by atoms with E-state index in [1.54, 1.807) is 36.4 Å². The number of amides is 1. The molecular formula is C40H50F3N3O3S. The molecule has 0 saturated heterocycles. The van der Waals surface area contributed by atoms with Gasteiger partial charge in [0.05, 0.1) is 11.4 Å². The van der Waals surface area contributed by atoms with Gasteiger partial charge in [-0.05, 0) is 92.2 Å². The van der Waals surface area contributed by atoms with E-state index in [0.29, 0.717) is 29.1 Å². The van der Waals surface area contributed by atoms with Crippen molar-refractivity contribution < 1.29 is 27.5 Å². The van der Waals surface area contributed by atoms with Crippen LogP contribution in [0, 0.1) is 20.8 Å². The molecule has 0 spiro atoms. The number of unbranched alkanes of at least 4 members (excludes halogenated alkanes) is 6. The lowest BCUT2D eigenvalue weighted by Crippen LogP contribution is -2.44. The first-order valence-corrected chi connectivity index (χ1v) is 18.3. The van der Waals surface area contributed by atoms with Crippen LogP contribution in [0.5, 0.6) is 5.75 Å². The molecule has 1 amide bonds. The molecule has 4 rings (SSSR count). The van der Waals surface area contributed by atoms with Gasteiger partial charge >= 0.3 is 12.1 Å². The predicted octanol–water partition coefficient (Wildman–Crippen LogP) is 10.4. The molecule has 0 aliphatic carbocycles. The minimum Gasteiger partial charge on any atom is -0.426 e. The summed E-state index contributed by atoms with van der Waals surface area (Å²) >= 11 is 1.14. The smallest absolute Gasteiger partial charge is 0.409 e. The maximum absolute atomic E-state index is 13.7. The van der Waals surface area contributed by atoms with Crippen LogP contribution in [0.4, 0.5) is 18.9 Å². The molecule has 3 aromatic rings. The van der Waals surface area contributed by atoms with Crippen molar-refractivity contribution in [1.82, 2.24) is 10.1 Å². The summed E-state index contributed by atoms with van der Waals surface area (Å²) in [6, 6.07) is 16.4. The van der Waals surface area contributed by atoms with Crippen molar-refractivity contribution in [3.05, 3.63) is 94.6 Å². The van der Waals surface area contributed by atoms with E-state index in [9.17, 15) is 22.8 Å². The van der Waals surface area contributed by atoms with Crippen molar-refractivity contribution in [1.29, 1.82) is 0 Å². The molecule has 1 atom stereocenters. The fraction of sp³-hybridized carbons (Fsp3) is 0.450. The lowest BCUT2D eigenvalue weighted by molar-refractivity contribution is -0.142. The molecule has 6 nitrogen and oxygen atoms in total. The highest BCUT2D eigenvalue weighted by atomic mass is 32.2. The molecule has 2 N–H and O–H groups in total. The zero-order valence-corrected chi connectivity index (χ0v) is 30.8. The molecule has 10 heteroatoms. The van der Waals surface area contributed by atoms with E-state index in [1.165, 1.54) is 36.8 Å². The number of esters is 1. The van der Waals surface area contributed by atoms with Gasteiger partial charge in [0, 0.05) is 28.7 Å². The van der Waals surface area contributed by atoms with Crippen molar-refractivity contribution in [2.45, 2.75) is 122 Å². The van der Waals surface area contributed by atoms with E-state index < -0.39 is 17.6 Å². The highest BCUT2D eigenvalue weighted by molar-refractivity contribution is 7.98. The standard InChI is InChI=1S/C40H50F3N3O3S/c1-7-8-9-10-11-12-13-14-37(48)49-34-24-28(3)23-29(4)38(34)39(5,6)26-36(47)45-50-32-21-19-31(20-22-32)46-33(25-35(44-46)40(41,42)43)30-17-15-27(2)16-18-30/h15-25,35,44H,7-14,26H2,1-6H3,(H,45,47). The van der Waals surface area contributed by atoms with Gasteiger partial charge in [0.25, 0.3) is 0 Å². The molecule has 270 valence electrons. The fourth-order valence-electron chi connectivity index (χ4n) is 6.39. The van der Waals surface area contributed by atoms with Gasteiger partial charge < -0.3 is 4.74 Å². The Kier molecular flexibility index (Phi) is 13.6. The highest BCUT2D eigenvalue weighted by Gasteiger charge is 2.43. The van der Waals surface area contributed by atoms with Crippen LogP contribution < -0.4 is 19.9 Å². The van der Waals surface area contributed by atoms with Gasteiger partial charge in [-0.3, -0.25) is 19.3 Å². The summed E-state index contributed by atoms with van der Waals surface area (Å²) in [7, 11) is 0. The topological polar surface area (TPSA) is 70.7 Å². The third kappa shape index (κ3) is 10.9. The Morgan fingerprint density at radius 2 is 1.52 bits per heavy atom. The quantitative estimate of drug-likeness (QED) is 0.0668. The third-order valence-electron chi connectivity index (χ3n) is 8.84. The molecule has 3 aromatic carbocycles. The molecule has 1 aliphatic rings. The molecule has 1 heterocycles. The minimum absolute atomic E-state index is 0.144. The first kappa shape index (κ1) is 39.0. The van der Waals surface area contributed by atoms with Gasteiger partial charge in [-0.1, -0.05) is 95.2 Å². The number of aryl methyl sites for hydroxylation is 3. The van der Waals surface area contributed by atoms with Gasteiger partial charge in [-0.15, -0.1) is 0 Å². The number of carbonyl (C=O) groups is 2. The highest BCUT2D eigenvalue weighted by Crippen LogP contribution is 2.39. The van der Waals surface area contributed by atoms with Crippen LogP contribution >= 0.6 is 11.9 Å². The van der Waals surface area contributed by atoms with E-state index in [-0.39, 0.29) is 18.3 Å². The Bertz CT molecular complexity index is 1640. The number of nitrogens with one attached hydrogen (secondary N) is 2. The summed E-state index contributed by atoms with van der Waals surface area (Å²) in [6.45, 7) is 12.0. The van der Waals surface area contributed by atoms with Gasteiger partial charge in [0.1, 0.15) is 11.8 Å². The second-order valence-corrected chi connectivity index (χ2v) is 14.8. The van der Waals surface area contributed by atoms with Crippen molar-refractivity contribution in [3.63, 3.8) is 0 Å². The average Bonchev–Trinajstić information content (AvgIpc) is 3.50. The summed E-state index contributed by atoms with van der Waals surface area (Å²) in [6.07, 6.45) is 5.04. The molecule has 0 bridgehead atoms. The van der Waals surface area contributed by atoms with E-state index in [0.717, 1.165) is 58.4 Å². The Labute approximate surface area is 299 Å². The first-order valence-electron chi connectivity index (χ1n) is 17.5. The van der Waals surface area contributed by atoms with Crippen molar-refractivity contribution in [2.75, 3.05) is 5.01 Å². The fourth-order valence-corrected chi connectivity index (χ4v) is 6.97. The minimum atomic E-state index is -4.45. The monoisotopic (exact) mass is 709 g/mol. The van der Waals surface area contributed by atoms with E-state index in [4.69, 9.17) is 4.74 Å². The second kappa shape index (κ2) is 17.4. The van der Waals surface area contributed by atoms with Gasteiger partial charge in [0.2, 0.25) is 5.91 Å². The maximum Gasteiger partial charge on any atom is 0.409 e. The predicted molar refractivity (Wildman–Crippen MR) is 197 cm³/mol. The number of hydrogen-bond donors (Lipinski definition) is 2. The van der Waals surface area contributed by atoms with Gasteiger partial charge in [-0.25, -0.2) is 5.43 Å². The Balaban J connectivity index is 1.37.